The number of aliphatic hydroxyl groups excluding tert-OH is 1. The van der Waals surface area contributed by atoms with Gasteiger partial charge in [-0.25, -0.2) is 4.79 Å². The molecule has 5 nitrogen and oxygen atoms in total. The van der Waals surface area contributed by atoms with E-state index in [1.807, 2.05) is 60.7 Å². The molecule has 0 spiro atoms. The third kappa shape index (κ3) is 5.09. The first-order valence-corrected chi connectivity index (χ1v) is 8.52. The Morgan fingerprint density at radius 2 is 1.30 bits per heavy atom. The van der Waals surface area contributed by atoms with Crippen LogP contribution < -0.4 is 9.47 Å². The summed E-state index contributed by atoms with van der Waals surface area (Å²) in [4.78, 5) is 11.1. The van der Waals surface area contributed by atoms with Crippen LogP contribution in [0.4, 0.5) is 0 Å². The van der Waals surface area contributed by atoms with Gasteiger partial charge in [-0.2, -0.15) is 0 Å². The van der Waals surface area contributed by atoms with Gasteiger partial charge in [-0.15, -0.1) is 0 Å². The Balaban J connectivity index is 1.80. The summed E-state index contributed by atoms with van der Waals surface area (Å²) < 4.78 is 11.7. The number of carboxylic acids is 1. The standard InChI is InChI=1S/C22H20O5/c23-21(22(24)25)18-11-12-19(26-14-16-7-3-1-4-8-16)20(13-18)27-15-17-9-5-2-6-10-17/h1-13,21,23H,14-15H2,(H,24,25)/t21-/m0/s1. The molecular formula is C22H20O5. The fourth-order valence-corrected chi connectivity index (χ4v) is 2.54. The first-order valence-electron chi connectivity index (χ1n) is 8.52. The highest BCUT2D eigenvalue weighted by Crippen LogP contribution is 2.32. The number of carbonyl (C=O) groups is 1. The Morgan fingerprint density at radius 3 is 1.81 bits per heavy atom. The molecule has 0 saturated carbocycles. The van der Waals surface area contributed by atoms with Gasteiger partial charge in [0, 0.05) is 0 Å². The van der Waals surface area contributed by atoms with Crippen molar-refractivity contribution in [2.24, 2.45) is 0 Å². The zero-order chi connectivity index (χ0) is 19.1. The summed E-state index contributed by atoms with van der Waals surface area (Å²) in [5, 5.41) is 18.8. The molecule has 0 aliphatic rings. The van der Waals surface area contributed by atoms with Crippen LogP contribution in [-0.4, -0.2) is 16.2 Å². The van der Waals surface area contributed by atoms with Gasteiger partial charge >= 0.3 is 5.97 Å². The molecule has 2 N–H and O–H groups in total. The van der Waals surface area contributed by atoms with Gasteiger partial charge in [0.15, 0.2) is 17.6 Å². The molecule has 138 valence electrons. The molecular weight excluding hydrogens is 344 g/mol. The maximum Gasteiger partial charge on any atom is 0.337 e. The van der Waals surface area contributed by atoms with Gasteiger partial charge in [0.2, 0.25) is 0 Å². The van der Waals surface area contributed by atoms with Crippen LogP contribution in [0.25, 0.3) is 0 Å². The van der Waals surface area contributed by atoms with Crippen LogP contribution in [0.3, 0.4) is 0 Å². The molecule has 0 bridgehead atoms. The molecule has 0 fully saturated rings. The van der Waals surface area contributed by atoms with Crippen LogP contribution in [0.2, 0.25) is 0 Å². The summed E-state index contributed by atoms with van der Waals surface area (Å²) in [5.41, 5.74) is 2.20. The van der Waals surface area contributed by atoms with E-state index < -0.39 is 12.1 Å². The highest BCUT2D eigenvalue weighted by Gasteiger charge is 2.18. The Bertz CT molecular complexity index is 878. The number of aliphatic hydroxyl groups is 1. The Kier molecular flexibility index (Phi) is 6.07. The second-order valence-electron chi connectivity index (χ2n) is 6.00. The summed E-state index contributed by atoms with van der Waals surface area (Å²) in [6, 6.07) is 23.9. The van der Waals surface area contributed by atoms with E-state index in [2.05, 4.69) is 0 Å². The lowest BCUT2D eigenvalue weighted by atomic mass is 10.1. The van der Waals surface area contributed by atoms with Crippen molar-refractivity contribution in [2.75, 3.05) is 0 Å². The highest BCUT2D eigenvalue weighted by atomic mass is 16.5. The van der Waals surface area contributed by atoms with Gasteiger partial charge in [0.1, 0.15) is 13.2 Å². The number of hydrogen-bond donors (Lipinski definition) is 2. The molecule has 0 aromatic heterocycles. The smallest absolute Gasteiger partial charge is 0.337 e. The minimum absolute atomic E-state index is 0.234. The topological polar surface area (TPSA) is 76.0 Å². The second kappa shape index (κ2) is 8.87. The normalized spacial score (nSPS) is 11.6. The lowest BCUT2D eigenvalue weighted by Gasteiger charge is -2.15. The van der Waals surface area contributed by atoms with E-state index in [9.17, 15) is 9.90 Å². The van der Waals surface area contributed by atoms with Gasteiger partial charge in [-0.1, -0.05) is 66.7 Å². The molecule has 0 saturated heterocycles. The number of ether oxygens (including phenoxy) is 2. The molecule has 0 amide bonds. The second-order valence-corrected chi connectivity index (χ2v) is 6.00. The van der Waals surface area contributed by atoms with Gasteiger partial charge in [-0.3, -0.25) is 0 Å². The van der Waals surface area contributed by atoms with Crippen molar-refractivity contribution in [1.82, 2.24) is 0 Å². The van der Waals surface area contributed by atoms with Crippen LogP contribution in [0.5, 0.6) is 11.5 Å². The Morgan fingerprint density at radius 1 is 0.778 bits per heavy atom. The number of rotatable bonds is 8. The van der Waals surface area contributed by atoms with E-state index in [-0.39, 0.29) is 5.56 Å². The van der Waals surface area contributed by atoms with Crippen molar-refractivity contribution in [3.63, 3.8) is 0 Å². The molecule has 3 aromatic rings. The third-order valence-electron chi connectivity index (χ3n) is 3.99. The van der Waals surface area contributed by atoms with Crippen LogP contribution in [0.15, 0.2) is 78.9 Å². The van der Waals surface area contributed by atoms with Crippen molar-refractivity contribution < 1.29 is 24.5 Å². The molecule has 0 unspecified atom stereocenters. The molecule has 0 aliphatic heterocycles. The quantitative estimate of drug-likeness (QED) is 0.633. The molecule has 27 heavy (non-hydrogen) atoms. The largest absolute Gasteiger partial charge is 0.485 e. The molecule has 0 heterocycles. The van der Waals surface area contributed by atoms with Gasteiger partial charge < -0.3 is 19.7 Å². The number of aliphatic carboxylic acids is 1. The SMILES string of the molecule is O=C(O)[C@@H](O)c1ccc(OCc2ccccc2)c(OCc2ccccc2)c1. The van der Waals surface area contributed by atoms with Crippen molar-refractivity contribution in [3.8, 4) is 11.5 Å². The Labute approximate surface area is 157 Å². The van der Waals surface area contributed by atoms with Crippen molar-refractivity contribution in [3.05, 3.63) is 95.6 Å². The third-order valence-corrected chi connectivity index (χ3v) is 3.99. The Hall–Kier alpha value is -3.31. The number of carboxylic acid groups (broad SMARTS) is 1. The van der Waals surface area contributed by atoms with Crippen LogP contribution >= 0.6 is 0 Å². The fraction of sp³-hybridized carbons (Fsp3) is 0.136. The van der Waals surface area contributed by atoms with E-state index in [0.717, 1.165) is 11.1 Å². The van der Waals surface area contributed by atoms with E-state index in [1.165, 1.54) is 12.1 Å². The maximum absolute atomic E-state index is 11.1. The van der Waals surface area contributed by atoms with Crippen LogP contribution in [0.1, 0.15) is 22.8 Å². The van der Waals surface area contributed by atoms with E-state index in [4.69, 9.17) is 14.6 Å². The summed E-state index contributed by atoms with van der Waals surface area (Å²) in [7, 11) is 0. The maximum atomic E-state index is 11.1. The highest BCUT2D eigenvalue weighted by molar-refractivity contribution is 5.74. The molecule has 0 radical (unpaired) electrons. The van der Waals surface area contributed by atoms with Crippen molar-refractivity contribution in [1.29, 1.82) is 0 Å². The molecule has 1 atom stereocenters. The monoisotopic (exact) mass is 364 g/mol. The van der Waals surface area contributed by atoms with Gasteiger partial charge in [0.25, 0.3) is 0 Å². The molecule has 0 aliphatic carbocycles. The van der Waals surface area contributed by atoms with E-state index in [1.54, 1.807) is 6.07 Å². The van der Waals surface area contributed by atoms with Crippen molar-refractivity contribution >= 4 is 5.97 Å². The van der Waals surface area contributed by atoms with Crippen LogP contribution in [-0.2, 0) is 18.0 Å². The summed E-state index contributed by atoms with van der Waals surface area (Å²) in [5.74, 6) is -0.453. The molecule has 3 aromatic carbocycles. The minimum atomic E-state index is -1.62. The van der Waals surface area contributed by atoms with E-state index in [0.29, 0.717) is 24.7 Å². The average molecular weight is 364 g/mol. The first kappa shape index (κ1) is 18.5. The molecule has 5 heteroatoms. The fourth-order valence-electron chi connectivity index (χ4n) is 2.54. The average Bonchev–Trinajstić information content (AvgIpc) is 2.72. The zero-order valence-electron chi connectivity index (χ0n) is 14.6. The van der Waals surface area contributed by atoms with E-state index >= 15 is 0 Å². The van der Waals surface area contributed by atoms with Crippen LogP contribution in [0, 0.1) is 0 Å². The van der Waals surface area contributed by atoms with Gasteiger partial charge in [-0.05, 0) is 28.8 Å². The predicted octanol–water partition coefficient (Wildman–Crippen LogP) is 3.96. The number of benzene rings is 3. The summed E-state index contributed by atoms with van der Waals surface area (Å²) in [6.45, 7) is 0.651. The first-order chi connectivity index (χ1) is 13.1. The lowest BCUT2D eigenvalue weighted by Crippen LogP contribution is -2.11. The zero-order valence-corrected chi connectivity index (χ0v) is 14.6. The lowest BCUT2D eigenvalue weighted by molar-refractivity contribution is -0.146. The summed E-state index contributed by atoms with van der Waals surface area (Å²) in [6.07, 6.45) is -1.62. The van der Waals surface area contributed by atoms with Crippen molar-refractivity contribution in [2.45, 2.75) is 19.3 Å². The summed E-state index contributed by atoms with van der Waals surface area (Å²) >= 11 is 0. The minimum Gasteiger partial charge on any atom is -0.485 e. The van der Waals surface area contributed by atoms with Gasteiger partial charge in [0.05, 0.1) is 0 Å². The molecule has 3 rings (SSSR count). The predicted molar refractivity (Wildman–Crippen MR) is 101 cm³/mol. The number of hydrogen-bond acceptors (Lipinski definition) is 4.